The highest BCUT2D eigenvalue weighted by Crippen LogP contribution is 2.40. The highest BCUT2D eigenvalue weighted by atomic mass is 19.4. The lowest BCUT2D eigenvalue weighted by Gasteiger charge is -2.33. The van der Waals surface area contributed by atoms with Crippen LogP contribution in [0.5, 0.6) is 11.6 Å². The van der Waals surface area contributed by atoms with Crippen molar-refractivity contribution in [3.05, 3.63) is 34.9 Å². The fourth-order valence-electron chi connectivity index (χ4n) is 4.50. The van der Waals surface area contributed by atoms with Gasteiger partial charge in [0.05, 0.1) is 32.6 Å². The van der Waals surface area contributed by atoms with Crippen molar-refractivity contribution in [2.75, 3.05) is 50.7 Å². The first kappa shape index (κ1) is 33.4. The Kier molecular flexibility index (Phi) is 10.4. The number of carboxylic acid groups (broad SMARTS) is 1. The SMILES string of the molecule is CCOc1nn2c(N)n[n+](CC(=O)c3cc(N4CCOCC4)c(OC)c(C(C)(C)C)c3)c2cc1CC.O=C([O-])C(F)(F)F. The van der Waals surface area contributed by atoms with Gasteiger partial charge in [-0.05, 0) is 41.1 Å². The minimum atomic E-state index is -5.19. The normalized spacial score (nSPS) is 13.8. The molecule has 4 rings (SSSR count). The quantitative estimate of drug-likeness (QED) is 0.296. The van der Waals surface area contributed by atoms with Crippen molar-refractivity contribution in [3.63, 3.8) is 0 Å². The number of aromatic nitrogens is 4. The molecular formula is C28H37F3N6O6. The van der Waals surface area contributed by atoms with Crippen LogP contribution >= 0.6 is 0 Å². The van der Waals surface area contributed by atoms with E-state index in [1.54, 1.807) is 11.8 Å². The Morgan fingerprint density at radius 2 is 1.77 bits per heavy atom. The molecule has 0 spiro atoms. The molecule has 12 nitrogen and oxygen atoms in total. The Morgan fingerprint density at radius 1 is 1.14 bits per heavy atom. The number of rotatable bonds is 8. The summed E-state index contributed by atoms with van der Waals surface area (Å²) in [4.78, 5) is 24.7. The molecule has 0 atom stereocenters. The van der Waals surface area contributed by atoms with Crippen LogP contribution < -0.4 is 29.9 Å². The van der Waals surface area contributed by atoms with Gasteiger partial charge in [-0.2, -0.15) is 13.2 Å². The molecule has 0 radical (unpaired) electrons. The number of aliphatic carboxylic acids is 1. The zero-order valence-corrected chi connectivity index (χ0v) is 25.1. The first-order valence-corrected chi connectivity index (χ1v) is 13.7. The van der Waals surface area contributed by atoms with Gasteiger partial charge in [0, 0.05) is 35.8 Å². The molecule has 0 aliphatic carbocycles. The number of methoxy groups -OCH3 is 1. The third kappa shape index (κ3) is 7.83. The number of ether oxygens (including phenoxy) is 3. The molecule has 1 aliphatic heterocycles. The second-order valence-electron chi connectivity index (χ2n) is 10.7. The Bertz CT molecular complexity index is 1460. The summed E-state index contributed by atoms with van der Waals surface area (Å²) in [7, 11) is 1.68. The number of nitrogens with two attached hydrogens (primary N) is 1. The van der Waals surface area contributed by atoms with Gasteiger partial charge in [-0.1, -0.05) is 32.2 Å². The van der Waals surface area contributed by atoms with Crippen molar-refractivity contribution in [2.24, 2.45) is 0 Å². The predicted molar refractivity (Wildman–Crippen MR) is 148 cm³/mol. The van der Waals surface area contributed by atoms with Crippen LogP contribution in [0.1, 0.15) is 56.1 Å². The zero-order chi connectivity index (χ0) is 32.1. The number of aryl methyl sites for hydroxylation is 1. The van der Waals surface area contributed by atoms with Gasteiger partial charge < -0.3 is 34.7 Å². The van der Waals surface area contributed by atoms with Crippen molar-refractivity contribution in [1.29, 1.82) is 0 Å². The van der Waals surface area contributed by atoms with Gasteiger partial charge in [-0.15, -0.1) is 4.68 Å². The number of Topliss-reactive ketones (excluding diaryl/α,β-unsaturated/α-hetero) is 1. The van der Waals surface area contributed by atoms with Crippen LogP contribution in [-0.4, -0.2) is 72.7 Å². The number of morpholine rings is 1. The summed E-state index contributed by atoms with van der Waals surface area (Å²) in [6.45, 7) is 13.6. The van der Waals surface area contributed by atoms with E-state index in [4.69, 9.17) is 29.8 Å². The Morgan fingerprint density at radius 3 is 2.28 bits per heavy atom. The summed E-state index contributed by atoms with van der Waals surface area (Å²) in [5.74, 6) is -1.57. The molecule has 43 heavy (non-hydrogen) atoms. The van der Waals surface area contributed by atoms with Gasteiger partial charge in [-0.25, -0.2) is 0 Å². The Balaban J connectivity index is 0.000000646. The molecule has 1 aromatic carbocycles. The number of carboxylic acids is 1. The number of fused-ring (bicyclic) bond motifs is 1. The number of carbonyl (C=O) groups excluding carboxylic acids is 2. The van der Waals surface area contributed by atoms with Crippen LogP contribution in [-0.2, 0) is 27.9 Å². The number of nitrogens with zero attached hydrogens (tertiary/aromatic N) is 5. The van der Waals surface area contributed by atoms with Gasteiger partial charge in [0.1, 0.15) is 11.7 Å². The Labute approximate surface area is 247 Å². The van der Waals surface area contributed by atoms with E-state index in [2.05, 4.69) is 35.9 Å². The van der Waals surface area contributed by atoms with Gasteiger partial charge in [0.2, 0.25) is 5.78 Å². The molecule has 3 heterocycles. The van der Waals surface area contributed by atoms with Crippen molar-refractivity contribution >= 4 is 29.0 Å². The molecule has 0 bridgehead atoms. The van der Waals surface area contributed by atoms with Crippen molar-refractivity contribution in [3.8, 4) is 11.6 Å². The molecule has 3 aromatic rings. The third-order valence-electron chi connectivity index (χ3n) is 6.63. The molecular weight excluding hydrogens is 573 g/mol. The molecule has 2 N–H and O–H groups in total. The van der Waals surface area contributed by atoms with Crippen LogP contribution in [0.25, 0.3) is 5.65 Å². The van der Waals surface area contributed by atoms with E-state index in [0.29, 0.717) is 36.9 Å². The van der Waals surface area contributed by atoms with Gasteiger partial charge in [-0.3, -0.25) is 4.79 Å². The Hall–Kier alpha value is -4.14. The lowest BCUT2D eigenvalue weighted by atomic mass is 9.84. The molecule has 15 heteroatoms. The molecule has 0 amide bonds. The van der Waals surface area contributed by atoms with Crippen molar-refractivity contribution in [2.45, 2.75) is 59.2 Å². The van der Waals surface area contributed by atoms with Gasteiger partial charge in [0.25, 0.3) is 5.88 Å². The summed E-state index contributed by atoms with van der Waals surface area (Å²) in [5.41, 5.74) is 9.99. The zero-order valence-electron chi connectivity index (χ0n) is 25.1. The van der Waals surface area contributed by atoms with Gasteiger partial charge in [0.15, 0.2) is 6.54 Å². The minimum Gasteiger partial charge on any atom is -0.542 e. The van der Waals surface area contributed by atoms with Crippen LogP contribution in [0.4, 0.5) is 24.8 Å². The van der Waals surface area contributed by atoms with E-state index in [9.17, 15) is 18.0 Å². The van der Waals surface area contributed by atoms with E-state index in [-0.39, 0.29) is 23.7 Å². The minimum absolute atomic E-state index is 0.0258. The summed E-state index contributed by atoms with van der Waals surface area (Å²) < 4.78 is 51.8. The maximum atomic E-state index is 13.7. The van der Waals surface area contributed by atoms with E-state index in [0.717, 1.165) is 42.1 Å². The van der Waals surface area contributed by atoms with Crippen LogP contribution in [0.15, 0.2) is 18.2 Å². The van der Waals surface area contributed by atoms with Crippen molar-refractivity contribution in [1.82, 2.24) is 14.7 Å². The summed E-state index contributed by atoms with van der Waals surface area (Å²) in [5, 5.41) is 17.7. The van der Waals surface area contributed by atoms with Crippen LogP contribution in [0, 0.1) is 0 Å². The molecule has 0 unspecified atom stereocenters. The highest BCUT2D eigenvalue weighted by molar-refractivity contribution is 5.97. The maximum Gasteiger partial charge on any atom is 0.430 e. The van der Waals surface area contributed by atoms with Crippen molar-refractivity contribution < 1.29 is 46.8 Å². The number of nitrogen functional groups attached to an aromatic ring is 1. The lowest BCUT2D eigenvalue weighted by molar-refractivity contribution is -0.714. The number of benzene rings is 1. The van der Waals surface area contributed by atoms with E-state index >= 15 is 0 Å². The number of anilines is 2. The number of halogens is 3. The summed E-state index contributed by atoms with van der Waals surface area (Å²) >= 11 is 0. The lowest BCUT2D eigenvalue weighted by Crippen LogP contribution is -2.41. The first-order valence-electron chi connectivity index (χ1n) is 13.7. The molecule has 0 saturated carbocycles. The van der Waals surface area contributed by atoms with Gasteiger partial charge >= 0.3 is 17.8 Å². The van der Waals surface area contributed by atoms with Crippen LogP contribution in [0.3, 0.4) is 0 Å². The second-order valence-corrected chi connectivity index (χ2v) is 10.7. The number of alkyl halides is 3. The average Bonchev–Trinajstić information content (AvgIpc) is 3.25. The highest BCUT2D eigenvalue weighted by Gasteiger charge is 2.30. The second kappa shape index (κ2) is 13.4. The third-order valence-corrected chi connectivity index (χ3v) is 6.63. The number of ketones is 1. The van der Waals surface area contributed by atoms with E-state index in [1.807, 2.05) is 32.0 Å². The largest absolute Gasteiger partial charge is 0.542 e. The fourth-order valence-corrected chi connectivity index (χ4v) is 4.50. The monoisotopic (exact) mass is 610 g/mol. The number of carbonyl (C=O) groups is 2. The van der Waals surface area contributed by atoms with E-state index < -0.39 is 12.1 Å². The summed E-state index contributed by atoms with van der Waals surface area (Å²) in [6.07, 6.45) is -4.46. The molecule has 1 saturated heterocycles. The smallest absolute Gasteiger partial charge is 0.430 e. The summed E-state index contributed by atoms with van der Waals surface area (Å²) in [6, 6.07) is 5.80. The average molecular weight is 611 g/mol. The van der Waals surface area contributed by atoms with E-state index in [1.165, 1.54) is 4.52 Å². The fraction of sp³-hybridized carbons (Fsp3) is 0.536. The van der Waals surface area contributed by atoms with Crippen LogP contribution in [0.2, 0.25) is 0 Å². The number of hydrogen-bond donors (Lipinski definition) is 1. The molecule has 2 aromatic heterocycles. The first-order chi connectivity index (χ1) is 20.1. The maximum absolute atomic E-state index is 13.7. The molecule has 1 fully saturated rings. The standard InChI is InChI=1S/C26H37N6O4.C2HF3O2/c1-7-17-15-22-31(29-25(27)32(22)28-24(17)36-8-2)16-21(33)18-13-19(26(3,4)5)23(34-6)20(14-18)30-9-11-35-12-10-30;3-2(4,5)1(6)7/h13-15H,7-12,16H2,1-6H3,(H2,27,29);(H,6,7)/q+1;/p-1. The topological polar surface area (TPSA) is 148 Å². The number of hydrogen-bond acceptors (Lipinski definition) is 10. The predicted octanol–water partition coefficient (Wildman–Crippen LogP) is 1.88. The molecule has 1 aliphatic rings. The molecule has 236 valence electrons.